The molecule has 0 bridgehead atoms. The lowest BCUT2D eigenvalue weighted by molar-refractivity contribution is 0.382. The molecule has 0 aromatic heterocycles. The number of hydrogen-bond donors (Lipinski definition) is 2. The molecule has 0 radical (unpaired) electrons. The van der Waals surface area contributed by atoms with Crippen LogP contribution in [-0.2, 0) is 0 Å². The Morgan fingerprint density at radius 1 is 1.57 bits per heavy atom. The lowest BCUT2D eigenvalue weighted by atomic mass is 10.1. The normalized spacial score (nSPS) is 12.6. The highest BCUT2D eigenvalue weighted by molar-refractivity contribution is 6.31. The first-order chi connectivity index (χ1) is 6.61. The van der Waals surface area contributed by atoms with E-state index in [1.807, 2.05) is 0 Å². The molecule has 0 aliphatic rings. The van der Waals surface area contributed by atoms with Gasteiger partial charge in [-0.2, -0.15) is 0 Å². The average molecular weight is 219 g/mol. The Morgan fingerprint density at radius 3 is 2.71 bits per heavy atom. The monoisotopic (exact) mass is 218 g/mol. The summed E-state index contributed by atoms with van der Waals surface area (Å²) in [6.07, 6.45) is 0. The molecule has 1 atom stereocenters. The summed E-state index contributed by atoms with van der Waals surface area (Å²) in [6.45, 7) is 0.129. The fourth-order valence-electron chi connectivity index (χ4n) is 1.16. The van der Waals surface area contributed by atoms with Crippen molar-refractivity contribution in [3.05, 3.63) is 28.5 Å². The van der Waals surface area contributed by atoms with E-state index < -0.39 is 11.9 Å². The summed E-state index contributed by atoms with van der Waals surface area (Å²) >= 11 is 5.80. The Morgan fingerprint density at radius 2 is 2.21 bits per heavy atom. The minimum atomic E-state index is -0.613. The van der Waals surface area contributed by atoms with Gasteiger partial charge in [-0.1, -0.05) is 11.6 Å². The third kappa shape index (κ3) is 1.97. The molecular formula is C9H12ClFN2O. The molecule has 3 nitrogen and oxygen atoms in total. The van der Waals surface area contributed by atoms with Crippen molar-refractivity contribution in [3.63, 3.8) is 0 Å². The molecule has 0 fully saturated rings. The summed E-state index contributed by atoms with van der Waals surface area (Å²) < 4.78 is 18.4. The largest absolute Gasteiger partial charge is 0.494 e. The van der Waals surface area contributed by atoms with Crippen molar-refractivity contribution in [3.8, 4) is 5.75 Å². The van der Waals surface area contributed by atoms with Gasteiger partial charge in [-0.05, 0) is 12.1 Å². The van der Waals surface area contributed by atoms with Gasteiger partial charge in [0.15, 0.2) is 11.6 Å². The van der Waals surface area contributed by atoms with E-state index in [9.17, 15) is 4.39 Å². The Kier molecular flexibility index (Phi) is 3.69. The number of benzene rings is 1. The van der Waals surface area contributed by atoms with Gasteiger partial charge in [-0.3, -0.25) is 0 Å². The first-order valence-electron chi connectivity index (χ1n) is 4.09. The van der Waals surface area contributed by atoms with E-state index in [1.54, 1.807) is 0 Å². The van der Waals surface area contributed by atoms with Crippen molar-refractivity contribution in [2.24, 2.45) is 11.5 Å². The zero-order valence-electron chi connectivity index (χ0n) is 7.76. The Labute approximate surface area is 86.8 Å². The van der Waals surface area contributed by atoms with Gasteiger partial charge in [0.25, 0.3) is 0 Å². The first kappa shape index (κ1) is 11.2. The molecule has 78 valence electrons. The van der Waals surface area contributed by atoms with Crippen molar-refractivity contribution in [1.29, 1.82) is 0 Å². The maximum Gasteiger partial charge on any atom is 0.171 e. The van der Waals surface area contributed by atoms with Crippen molar-refractivity contribution >= 4 is 11.6 Å². The number of methoxy groups -OCH3 is 1. The van der Waals surface area contributed by atoms with Gasteiger partial charge in [0.2, 0.25) is 0 Å². The lowest BCUT2D eigenvalue weighted by Crippen LogP contribution is -2.22. The van der Waals surface area contributed by atoms with Crippen LogP contribution in [0.25, 0.3) is 0 Å². The standard InChI is InChI=1S/C9H12ClFN2O/c1-14-7-3-2-5(10)8(9(7)11)6(13)4-12/h2-3,6H,4,12-13H2,1H3. The summed E-state index contributed by atoms with van der Waals surface area (Å²) in [5, 5.41) is 0.265. The maximum atomic E-state index is 13.6. The van der Waals surface area contributed by atoms with E-state index in [2.05, 4.69) is 0 Å². The van der Waals surface area contributed by atoms with Crippen LogP contribution in [0.4, 0.5) is 4.39 Å². The second-order valence-corrected chi connectivity index (χ2v) is 3.23. The van der Waals surface area contributed by atoms with Crippen LogP contribution in [0.5, 0.6) is 5.75 Å². The minimum absolute atomic E-state index is 0.119. The van der Waals surface area contributed by atoms with Crippen LogP contribution in [0.2, 0.25) is 5.02 Å². The molecule has 0 saturated carbocycles. The highest BCUT2D eigenvalue weighted by atomic mass is 35.5. The second kappa shape index (κ2) is 4.59. The van der Waals surface area contributed by atoms with E-state index in [1.165, 1.54) is 19.2 Å². The van der Waals surface area contributed by atoms with Crippen LogP contribution in [0, 0.1) is 5.82 Å². The number of ether oxygens (including phenoxy) is 1. The molecule has 0 amide bonds. The first-order valence-corrected chi connectivity index (χ1v) is 4.47. The van der Waals surface area contributed by atoms with Crippen molar-refractivity contribution in [2.45, 2.75) is 6.04 Å². The van der Waals surface area contributed by atoms with Gasteiger partial charge >= 0.3 is 0 Å². The molecule has 5 heteroatoms. The smallest absolute Gasteiger partial charge is 0.171 e. The SMILES string of the molecule is COc1ccc(Cl)c(C(N)CN)c1F. The van der Waals surface area contributed by atoms with E-state index in [0.29, 0.717) is 0 Å². The quantitative estimate of drug-likeness (QED) is 0.807. The summed E-state index contributed by atoms with van der Waals surface area (Å²) in [5.74, 6) is -0.425. The summed E-state index contributed by atoms with van der Waals surface area (Å²) in [4.78, 5) is 0. The van der Waals surface area contributed by atoms with Crippen LogP contribution in [0.15, 0.2) is 12.1 Å². The molecule has 0 heterocycles. The second-order valence-electron chi connectivity index (χ2n) is 2.82. The zero-order valence-corrected chi connectivity index (χ0v) is 8.51. The predicted octanol–water partition coefficient (Wildman–Crippen LogP) is 1.45. The van der Waals surface area contributed by atoms with Gasteiger partial charge in [-0.15, -0.1) is 0 Å². The molecule has 1 rings (SSSR count). The zero-order chi connectivity index (χ0) is 10.7. The predicted molar refractivity (Wildman–Crippen MR) is 53.9 cm³/mol. The van der Waals surface area contributed by atoms with Crippen LogP contribution < -0.4 is 16.2 Å². The Balaban J connectivity index is 3.25. The highest BCUT2D eigenvalue weighted by Crippen LogP contribution is 2.30. The van der Waals surface area contributed by atoms with E-state index in [0.717, 1.165) is 0 Å². The molecule has 0 spiro atoms. The van der Waals surface area contributed by atoms with Crippen LogP contribution in [0.1, 0.15) is 11.6 Å². The Hall–Kier alpha value is -0.840. The molecule has 14 heavy (non-hydrogen) atoms. The van der Waals surface area contributed by atoms with E-state index in [-0.39, 0.29) is 22.9 Å². The molecule has 0 aliphatic heterocycles. The number of nitrogens with two attached hydrogens (primary N) is 2. The fourth-order valence-corrected chi connectivity index (χ4v) is 1.45. The highest BCUT2D eigenvalue weighted by Gasteiger charge is 2.17. The van der Waals surface area contributed by atoms with Crippen molar-refractivity contribution in [2.75, 3.05) is 13.7 Å². The molecule has 1 aromatic carbocycles. The Bertz CT molecular complexity index is 333. The molecule has 0 aliphatic carbocycles. The fraction of sp³-hybridized carbons (Fsp3) is 0.333. The molecule has 4 N–H and O–H groups in total. The van der Waals surface area contributed by atoms with E-state index in [4.69, 9.17) is 27.8 Å². The van der Waals surface area contributed by atoms with Gasteiger partial charge in [-0.25, -0.2) is 4.39 Å². The maximum absolute atomic E-state index is 13.6. The van der Waals surface area contributed by atoms with Gasteiger partial charge in [0.1, 0.15) is 0 Å². The molecule has 1 aromatic rings. The van der Waals surface area contributed by atoms with Gasteiger partial charge < -0.3 is 16.2 Å². The van der Waals surface area contributed by atoms with Crippen molar-refractivity contribution in [1.82, 2.24) is 0 Å². The van der Waals surface area contributed by atoms with Crippen LogP contribution in [-0.4, -0.2) is 13.7 Å². The third-order valence-electron chi connectivity index (χ3n) is 1.94. The topological polar surface area (TPSA) is 61.3 Å². The molecular weight excluding hydrogens is 207 g/mol. The van der Waals surface area contributed by atoms with Gasteiger partial charge in [0.05, 0.1) is 7.11 Å². The summed E-state index contributed by atoms with van der Waals surface area (Å²) in [7, 11) is 1.38. The number of hydrogen-bond acceptors (Lipinski definition) is 3. The summed E-state index contributed by atoms with van der Waals surface area (Å²) in [5.41, 5.74) is 11.2. The van der Waals surface area contributed by atoms with Crippen LogP contribution >= 0.6 is 11.6 Å². The van der Waals surface area contributed by atoms with E-state index >= 15 is 0 Å². The van der Waals surface area contributed by atoms with Gasteiger partial charge in [0, 0.05) is 23.2 Å². The summed E-state index contributed by atoms with van der Waals surface area (Å²) in [6, 6.07) is 2.37. The van der Waals surface area contributed by atoms with Crippen LogP contribution in [0.3, 0.4) is 0 Å². The minimum Gasteiger partial charge on any atom is -0.494 e. The molecule has 0 saturated heterocycles. The van der Waals surface area contributed by atoms with Crippen molar-refractivity contribution < 1.29 is 9.13 Å². The number of halogens is 2. The third-order valence-corrected chi connectivity index (χ3v) is 2.27. The lowest BCUT2D eigenvalue weighted by Gasteiger charge is -2.14. The average Bonchev–Trinajstić information content (AvgIpc) is 2.18. The molecule has 1 unspecified atom stereocenters. The number of rotatable bonds is 3.